The molecule has 0 aliphatic heterocycles. The van der Waals surface area contributed by atoms with Crippen molar-refractivity contribution in [2.45, 2.75) is 0 Å². The molecule has 1 rings (SSSR count). The zero-order chi connectivity index (χ0) is 6.85. The average molecular weight is 107 g/mol. The molecule has 0 atom stereocenters. The Morgan fingerprint density at radius 3 is 3.12 bits per heavy atom. The minimum absolute atomic E-state index is 0.289. The van der Waals surface area contributed by atoms with E-state index in [4.69, 9.17) is 7.79 Å². The van der Waals surface area contributed by atoms with Crippen LogP contribution in [0, 0.1) is 12.3 Å². The Labute approximate surface area is 49.5 Å². The molecular formula is C6H6N2. The fraction of sp³-hybridized carbons (Fsp3) is 0.167. The van der Waals surface area contributed by atoms with E-state index in [9.17, 15) is 0 Å². The molecule has 0 saturated carbocycles. The van der Waals surface area contributed by atoms with Gasteiger partial charge in [-0.15, -0.1) is 6.42 Å². The van der Waals surface area contributed by atoms with Gasteiger partial charge in [-0.05, 0) is 0 Å². The maximum Gasteiger partial charge on any atom is 0.0850 e. The van der Waals surface area contributed by atoms with E-state index < -0.39 is 0 Å². The summed E-state index contributed by atoms with van der Waals surface area (Å²) in [4.78, 5) is 0. The van der Waals surface area contributed by atoms with Crippen molar-refractivity contribution in [3.63, 3.8) is 0 Å². The predicted molar refractivity (Wildman–Crippen MR) is 31.1 cm³/mol. The molecule has 0 fully saturated rings. The summed E-state index contributed by atoms with van der Waals surface area (Å²) in [5.41, 5.74) is 0.539. The number of hydrogen-bond donors (Lipinski definition) is 0. The Morgan fingerprint density at radius 2 is 2.88 bits per heavy atom. The van der Waals surface area contributed by atoms with E-state index in [1.54, 1.807) is 7.05 Å². The first kappa shape index (κ1) is 3.73. The highest BCUT2D eigenvalue weighted by Gasteiger charge is 1.85. The molecule has 0 amide bonds. The fourth-order valence-electron chi connectivity index (χ4n) is 0.446. The van der Waals surface area contributed by atoms with Crippen LogP contribution in [0.1, 0.15) is 6.93 Å². The standard InChI is InChI=1S/C6H6N2/c1-3-6-4-7-8(2)5-6/h1,4-5H,2H3/i5D. The van der Waals surface area contributed by atoms with Crippen molar-refractivity contribution in [3.8, 4) is 12.3 Å². The molecule has 0 saturated heterocycles. The van der Waals surface area contributed by atoms with Gasteiger partial charge >= 0.3 is 0 Å². The van der Waals surface area contributed by atoms with Gasteiger partial charge in [0.25, 0.3) is 0 Å². The summed E-state index contributed by atoms with van der Waals surface area (Å²) in [6.07, 6.45) is 6.83. The highest BCUT2D eigenvalue weighted by Crippen LogP contribution is 1.89. The molecule has 1 heterocycles. The van der Waals surface area contributed by atoms with Gasteiger partial charge in [0.15, 0.2) is 0 Å². The van der Waals surface area contributed by atoms with Gasteiger partial charge in [0.1, 0.15) is 0 Å². The van der Waals surface area contributed by atoms with Crippen molar-refractivity contribution in [2.24, 2.45) is 7.05 Å². The van der Waals surface area contributed by atoms with E-state index in [1.807, 2.05) is 0 Å². The lowest BCUT2D eigenvalue weighted by atomic mass is 10.4. The summed E-state index contributed by atoms with van der Waals surface area (Å²) in [7, 11) is 1.68. The third kappa shape index (κ3) is 0.710. The molecule has 2 heteroatoms. The average Bonchev–Trinajstić information content (AvgIpc) is 2.15. The van der Waals surface area contributed by atoms with Crippen LogP contribution in [-0.2, 0) is 7.05 Å². The zero-order valence-corrected chi connectivity index (χ0v) is 4.55. The molecule has 0 radical (unpaired) electrons. The molecule has 1 aromatic heterocycles. The van der Waals surface area contributed by atoms with Gasteiger partial charge in [-0.3, -0.25) is 4.68 Å². The molecule has 0 N–H and O–H groups in total. The van der Waals surface area contributed by atoms with E-state index >= 15 is 0 Å². The fourth-order valence-corrected chi connectivity index (χ4v) is 0.446. The van der Waals surface area contributed by atoms with Crippen molar-refractivity contribution in [1.82, 2.24) is 9.78 Å². The molecule has 1 aromatic rings. The topological polar surface area (TPSA) is 17.8 Å². The third-order valence-corrected chi connectivity index (χ3v) is 0.798. The van der Waals surface area contributed by atoms with Crippen molar-refractivity contribution >= 4 is 0 Å². The van der Waals surface area contributed by atoms with Crippen LogP contribution in [0.5, 0.6) is 0 Å². The summed E-state index contributed by atoms with van der Waals surface area (Å²) in [5.74, 6) is 2.35. The summed E-state index contributed by atoms with van der Waals surface area (Å²) < 4.78 is 8.66. The lowest BCUT2D eigenvalue weighted by Crippen LogP contribution is -1.83. The number of nitrogens with zero attached hydrogens (tertiary/aromatic N) is 2. The smallest absolute Gasteiger partial charge is 0.0850 e. The monoisotopic (exact) mass is 107 g/mol. The summed E-state index contributed by atoms with van der Waals surface area (Å²) in [6.45, 7) is 0. The highest BCUT2D eigenvalue weighted by molar-refractivity contribution is 5.25. The van der Waals surface area contributed by atoms with Gasteiger partial charge in [-0.2, -0.15) is 5.10 Å². The molecule has 0 unspecified atom stereocenters. The first-order chi connectivity index (χ1) is 4.25. The maximum atomic E-state index is 7.23. The maximum absolute atomic E-state index is 7.23. The van der Waals surface area contributed by atoms with Crippen LogP contribution in [-0.4, -0.2) is 9.78 Å². The van der Waals surface area contributed by atoms with Crippen molar-refractivity contribution in [1.29, 1.82) is 0 Å². The van der Waals surface area contributed by atoms with Crippen molar-refractivity contribution < 1.29 is 1.37 Å². The Hall–Kier alpha value is -1.23. The summed E-state index contributed by atoms with van der Waals surface area (Å²) in [6, 6.07) is 0. The molecular weight excluding hydrogens is 100 g/mol. The van der Waals surface area contributed by atoms with Gasteiger partial charge in [0.05, 0.1) is 13.1 Å². The zero-order valence-electron chi connectivity index (χ0n) is 5.55. The SMILES string of the molecule is [2H]c1c(C#C)cnn1C. The highest BCUT2D eigenvalue weighted by atomic mass is 15.2. The van der Waals surface area contributed by atoms with E-state index in [2.05, 4.69) is 11.0 Å². The number of terminal acetylenes is 1. The normalized spacial score (nSPS) is 10.2. The van der Waals surface area contributed by atoms with E-state index in [0.29, 0.717) is 5.56 Å². The van der Waals surface area contributed by atoms with Gasteiger partial charge in [0.2, 0.25) is 0 Å². The third-order valence-electron chi connectivity index (χ3n) is 0.798. The Kier molecular flexibility index (Phi) is 0.797. The predicted octanol–water partition coefficient (Wildman–Crippen LogP) is 0.401. The summed E-state index contributed by atoms with van der Waals surface area (Å²) in [5, 5.41) is 3.77. The van der Waals surface area contributed by atoms with Gasteiger partial charge in [0, 0.05) is 13.2 Å². The quantitative estimate of drug-likeness (QED) is 0.439. The Balaban J connectivity index is 3.24. The lowest BCUT2D eigenvalue weighted by molar-refractivity contribution is 0.767. The summed E-state index contributed by atoms with van der Waals surface area (Å²) >= 11 is 0. The molecule has 0 aromatic carbocycles. The van der Waals surface area contributed by atoms with Gasteiger partial charge in [-0.1, -0.05) is 5.92 Å². The van der Waals surface area contributed by atoms with Crippen LogP contribution in [0.2, 0.25) is 0 Å². The van der Waals surface area contributed by atoms with E-state index in [1.165, 1.54) is 10.9 Å². The number of aryl methyl sites for hydroxylation is 1. The van der Waals surface area contributed by atoms with Gasteiger partial charge < -0.3 is 0 Å². The van der Waals surface area contributed by atoms with Crippen LogP contribution >= 0.6 is 0 Å². The second-order valence-electron chi connectivity index (χ2n) is 1.44. The van der Waals surface area contributed by atoms with Crippen LogP contribution in [0.4, 0.5) is 0 Å². The van der Waals surface area contributed by atoms with E-state index in [0.717, 1.165) is 0 Å². The number of rotatable bonds is 0. The van der Waals surface area contributed by atoms with Crippen LogP contribution in [0.3, 0.4) is 0 Å². The minimum Gasteiger partial charge on any atom is -0.275 e. The second-order valence-corrected chi connectivity index (χ2v) is 1.44. The number of aromatic nitrogens is 2. The molecule has 8 heavy (non-hydrogen) atoms. The number of hydrogen-bond acceptors (Lipinski definition) is 1. The van der Waals surface area contributed by atoms with Crippen molar-refractivity contribution in [2.75, 3.05) is 0 Å². The second kappa shape index (κ2) is 1.71. The van der Waals surface area contributed by atoms with E-state index in [-0.39, 0.29) is 6.17 Å². The first-order valence-corrected chi connectivity index (χ1v) is 2.21. The molecule has 2 nitrogen and oxygen atoms in total. The Morgan fingerprint density at radius 1 is 2.12 bits per heavy atom. The van der Waals surface area contributed by atoms with Crippen LogP contribution in [0.15, 0.2) is 12.4 Å². The Bertz CT molecular complexity index is 257. The molecule has 0 bridgehead atoms. The van der Waals surface area contributed by atoms with Crippen molar-refractivity contribution in [3.05, 3.63) is 17.9 Å². The molecule has 0 aliphatic carbocycles. The lowest BCUT2D eigenvalue weighted by Gasteiger charge is -1.78. The van der Waals surface area contributed by atoms with Gasteiger partial charge in [-0.25, -0.2) is 0 Å². The molecule has 0 spiro atoms. The molecule has 0 aliphatic rings. The van der Waals surface area contributed by atoms with Crippen LogP contribution in [0.25, 0.3) is 0 Å². The molecule has 40 valence electrons. The largest absolute Gasteiger partial charge is 0.275 e. The van der Waals surface area contributed by atoms with Crippen LogP contribution < -0.4 is 0 Å². The first-order valence-electron chi connectivity index (χ1n) is 2.71. The minimum atomic E-state index is 0.289.